The second kappa shape index (κ2) is 5.02. The van der Waals surface area contributed by atoms with Gasteiger partial charge in [-0.15, -0.1) is 0 Å². The van der Waals surface area contributed by atoms with Crippen LogP contribution in [-0.2, 0) is 0 Å². The second-order valence-electron chi connectivity index (χ2n) is 5.30. The van der Waals surface area contributed by atoms with Gasteiger partial charge in [-0.1, -0.05) is 24.4 Å². The summed E-state index contributed by atoms with van der Waals surface area (Å²) in [5.74, 6) is 0.653. The average molecular weight is 270 g/mol. The predicted octanol–water partition coefficient (Wildman–Crippen LogP) is 2.49. The van der Waals surface area contributed by atoms with Gasteiger partial charge in [0.1, 0.15) is 0 Å². The fourth-order valence-electron chi connectivity index (χ4n) is 2.51. The molecule has 1 saturated carbocycles. The third-order valence-electron chi connectivity index (χ3n) is 3.67. The Morgan fingerprint density at radius 2 is 1.78 bits per heavy atom. The van der Waals surface area contributed by atoms with Crippen LogP contribution in [0.4, 0.5) is 5.82 Å². The first-order valence-electron chi connectivity index (χ1n) is 6.35. The van der Waals surface area contributed by atoms with E-state index in [9.17, 15) is 5.11 Å². The monoisotopic (exact) mass is 269 g/mol. The summed E-state index contributed by atoms with van der Waals surface area (Å²) in [5, 5.41) is 10.8. The Morgan fingerprint density at radius 1 is 1.22 bits per heavy atom. The van der Waals surface area contributed by atoms with Gasteiger partial charge < -0.3 is 10.0 Å². The standard InChI is InChI=1S/C13H20ClN3O/c1-9-10(2)16-12(11(14)15-9)17(3)8-13(18)6-4-5-7-13/h18H,4-8H2,1-3H3. The second-order valence-corrected chi connectivity index (χ2v) is 5.65. The van der Waals surface area contributed by atoms with Crippen LogP contribution in [0.25, 0.3) is 0 Å². The molecule has 0 saturated heterocycles. The van der Waals surface area contributed by atoms with Crippen LogP contribution in [0.2, 0.25) is 5.15 Å². The highest BCUT2D eigenvalue weighted by Gasteiger charge is 2.33. The highest BCUT2D eigenvalue weighted by molar-refractivity contribution is 6.31. The molecule has 0 amide bonds. The Labute approximate surface area is 113 Å². The van der Waals surface area contributed by atoms with E-state index >= 15 is 0 Å². The van der Waals surface area contributed by atoms with Crippen molar-refractivity contribution in [2.75, 3.05) is 18.5 Å². The summed E-state index contributed by atoms with van der Waals surface area (Å²) in [5.41, 5.74) is 1.12. The molecule has 1 aromatic heterocycles. The Kier molecular flexibility index (Phi) is 3.78. The number of anilines is 1. The van der Waals surface area contributed by atoms with Crippen LogP contribution in [-0.4, -0.2) is 34.3 Å². The van der Waals surface area contributed by atoms with E-state index < -0.39 is 5.60 Å². The van der Waals surface area contributed by atoms with Gasteiger partial charge in [-0.05, 0) is 26.7 Å². The minimum Gasteiger partial charge on any atom is -0.388 e. The molecule has 0 unspecified atom stereocenters. The summed E-state index contributed by atoms with van der Waals surface area (Å²) in [4.78, 5) is 10.6. The van der Waals surface area contributed by atoms with Crippen LogP contribution in [0, 0.1) is 13.8 Å². The average Bonchev–Trinajstić information content (AvgIpc) is 2.70. The van der Waals surface area contributed by atoms with Crippen LogP contribution in [0.1, 0.15) is 37.1 Å². The first-order valence-corrected chi connectivity index (χ1v) is 6.73. The maximum atomic E-state index is 10.4. The number of likely N-dealkylation sites (N-methyl/N-ethyl adjacent to an activating group) is 1. The van der Waals surface area contributed by atoms with Gasteiger partial charge in [-0.25, -0.2) is 9.97 Å². The van der Waals surface area contributed by atoms with Gasteiger partial charge in [0.2, 0.25) is 0 Å². The van der Waals surface area contributed by atoms with Crippen molar-refractivity contribution >= 4 is 17.4 Å². The molecule has 0 spiro atoms. The predicted molar refractivity (Wildman–Crippen MR) is 73.2 cm³/mol. The van der Waals surface area contributed by atoms with Crippen LogP contribution < -0.4 is 4.90 Å². The molecule has 0 bridgehead atoms. The van der Waals surface area contributed by atoms with Crippen LogP contribution in [0.3, 0.4) is 0 Å². The Hall–Kier alpha value is -0.870. The van der Waals surface area contributed by atoms with Gasteiger partial charge in [-0.2, -0.15) is 0 Å². The fourth-order valence-corrected chi connectivity index (χ4v) is 2.83. The topological polar surface area (TPSA) is 49.2 Å². The number of halogens is 1. The molecule has 5 heteroatoms. The lowest BCUT2D eigenvalue weighted by Crippen LogP contribution is -2.39. The summed E-state index contributed by atoms with van der Waals surface area (Å²) in [6.07, 6.45) is 3.90. The summed E-state index contributed by atoms with van der Waals surface area (Å²) < 4.78 is 0. The lowest BCUT2D eigenvalue weighted by Gasteiger charge is -2.29. The van der Waals surface area contributed by atoms with Gasteiger partial charge in [0.25, 0.3) is 0 Å². The van der Waals surface area contributed by atoms with Gasteiger partial charge in [-0.3, -0.25) is 0 Å². The van der Waals surface area contributed by atoms with Gasteiger partial charge in [0.05, 0.1) is 17.0 Å². The number of aromatic nitrogens is 2. The first kappa shape index (κ1) is 13.6. The molecular formula is C13H20ClN3O. The molecule has 1 N–H and O–H groups in total. The van der Waals surface area contributed by atoms with Gasteiger partial charge in [0.15, 0.2) is 11.0 Å². The minimum atomic E-state index is -0.599. The number of nitrogens with zero attached hydrogens (tertiary/aromatic N) is 3. The molecule has 0 radical (unpaired) electrons. The lowest BCUT2D eigenvalue weighted by molar-refractivity contribution is 0.0558. The maximum Gasteiger partial charge on any atom is 0.171 e. The normalized spacial score (nSPS) is 18.1. The molecule has 4 nitrogen and oxygen atoms in total. The summed E-state index contributed by atoms with van der Waals surface area (Å²) >= 11 is 6.13. The Bertz CT molecular complexity index is 444. The van der Waals surface area contributed by atoms with Crippen molar-refractivity contribution < 1.29 is 5.11 Å². The number of aliphatic hydroxyl groups is 1. The maximum absolute atomic E-state index is 10.4. The van der Waals surface area contributed by atoms with E-state index in [1.807, 2.05) is 25.8 Å². The van der Waals surface area contributed by atoms with Crippen LogP contribution in [0.5, 0.6) is 0 Å². The van der Waals surface area contributed by atoms with E-state index in [2.05, 4.69) is 9.97 Å². The fraction of sp³-hybridized carbons (Fsp3) is 0.692. The third-order valence-corrected chi connectivity index (χ3v) is 3.93. The highest BCUT2D eigenvalue weighted by atomic mass is 35.5. The summed E-state index contributed by atoms with van der Waals surface area (Å²) in [7, 11) is 1.90. The summed E-state index contributed by atoms with van der Waals surface area (Å²) in [6, 6.07) is 0. The van der Waals surface area contributed by atoms with Crippen molar-refractivity contribution in [1.82, 2.24) is 9.97 Å². The van der Waals surface area contributed by atoms with Crippen molar-refractivity contribution in [2.45, 2.75) is 45.1 Å². The quantitative estimate of drug-likeness (QED) is 0.916. The Balaban J connectivity index is 2.18. The smallest absolute Gasteiger partial charge is 0.171 e. The van der Waals surface area contributed by atoms with Crippen molar-refractivity contribution in [2.24, 2.45) is 0 Å². The van der Waals surface area contributed by atoms with Gasteiger partial charge in [0, 0.05) is 13.6 Å². The van der Waals surface area contributed by atoms with Crippen LogP contribution in [0.15, 0.2) is 0 Å². The molecular weight excluding hydrogens is 250 g/mol. The molecule has 0 atom stereocenters. The van der Waals surface area contributed by atoms with Crippen LogP contribution >= 0.6 is 11.6 Å². The molecule has 2 rings (SSSR count). The number of hydrogen-bond donors (Lipinski definition) is 1. The first-order chi connectivity index (χ1) is 8.41. The van der Waals surface area contributed by atoms with E-state index in [-0.39, 0.29) is 0 Å². The Morgan fingerprint density at radius 3 is 2.39 bits per heavy atom. The largest absolute Gasteiger partial charge is 0.388 e. The number of rotatable bonds is 3. The van der Waals surface area contributed by atoms with Crippen molar-refractivity contribution in [3.63, 3.8) is 0 Å². The van der Waals surface area contributed by atoms with Gasteiger partial charge >= 0.3 is 0 Å². The van der Waals surface area contributed by atoms with E-state index in [1.54, 1.807) is 0 Å². The van der Waals surface area contributed by atoms with E-state index in [0.717, 1.165) is 37.1 Å². The number of aryl methyl sites for hydroxylation is 2. The zero-order valence-corrected chi connectivity index (χ0v) is 12.0. The minimum absolute atomic E-state index is 0.405. The summed E-state index contributed by atoms with van der Waals surface area (Å²) in [6.45, 7) is 4.37. The van der Waals surface area contributed by atoms with E-state index in [1.165, 1.54) is 0 Å². The van der Waals surface area contributed by atoms with Crippen molar-refractivity contribution in [1.29, 1.82) is 0 Å². The molecule has 0 aromatic carbocycles. The zero-order valence-electron chi connectivity index (χ0n) is 11.2. The molecule has 1 fully saturated rings. The molecule has 0 aliphatic heterocycles. The van der Waals surface area contributed by atoms with Crippen molar-refractivity contribution in [3.8, 4) is 0 Å². The van der Waals surface area contributed by atoms with Crippen molar-refractivity contribution in [3.05, 3.63) is 16.5 Å². The third kappa shape index (κ3) is 2.75. The lowest BCUT2D eigenvalue weighted by atomic mass is 10.0. The number of hydrogen-bond acceptors (Lipinski definition) is 4. The molecule has 1 aliphatic carbocycles. The molecule has 100 valence electrons. The molecule has 1 aromatic rings. The highest BCUT2D eigenvalue weighted by Crippen LogP contribution is 2.32. The zero-order chi connectivity index (χ0) is 13.3. The molecule has 1 aliphatic rings. The molecule has 18 heavy (non-hydrogen) atoms. The SMILES string of the molecule is Cc1nc(Cl)c(N(C)CC2(O)CCCC2)nc1C. The van der Waals surface area contributed by atoms with E-state index in [0.29, 0.717) is 17.5 Å². The molecule has 1 heterocycles. The van der Waals surface area contributed by atoms with E-state index in [4.69, 9.17) is 11.6 Å².